The Morgan fingerprint density at radius 3 is 2.52 bits per heavy atom. The number of hydrogen-bond donors (Lipinski definition) is 1. The molecule has 0 aromatic heterocycles. The highest BCUT2D eigenvalue weighted by atomic mass is 35.5. The predicted molar refractivity (Wildman–Crippen MR) is 110 cm³/mol. The second-order valence-electron chi connectivity index (χ2n) is 6.26. The van der Waals surface area contributed by atoms with Crippen molar-refractivity contribution in [2.24, 2.45) is 5.10 Å². The van der Waals surface area contributed by atoms with Crippen LogP contribution in [0.3, 0.4) is 0 Å². The standard InChI is InChI=1S/C19H22ClN3O3S/c1-13-8-9-16(15(3)14(13)2)11-21-22-19(24)12-23(27(4,25)26)18-7-5-6-17(20)10-18/h5-11H,12H2,1-4H3,(H,22,24)/b21-11-. The van der Waals surface area contributed by atoms with Gasteiger partial charge in [-0.05, 0) is 61.2 Å². The largest absolute Gasteiger partial charge is 0.271 e. The minimum Gasteiger partial charge on any atom is -0.271 e. The summed E-state index contributed by atoms with van der Waals surface area (Å²) in [5.41, 5.74) is 6.98. The number of rotatable bonds is 6. The lowest BCUT2D eigenvalue weighted by atomic mass is 10.00. The molecule has 144 valence electrons. The lowest BCUT2D eigenvalue weighted by molar-refractivity contribution is -0.119. The first-order valence-corrected chi connectivity index (χ1v) is 10.4. The van der Waals surface area contributed by atoms with E-state index in [1.54, 1.807) is 24.4 Å². The molecule has 2 rings (SSSR count). The van der Waals surface area contributed by atoms with Gasteiger partial charge in [-0.25, -0.2) is 13.8 Å². The topological polar surface area (TPSA) is 78.8 Å². The summed E-state index contributed by atoms with van der Waals surface area (Å²) in [7, 11) is -3.66. The van der Waals surface area contributed by atoms with Crippen LogP contribution in [0.5, 0.6) is 0 Å². The molecule has 0 atom stereocenters. The van der Waals surface area contributed by atoms with Crippen molar-refractivity contribution in [2.75, 3.05) is 17.1 Å². The fourth-order valence-corrected chi connectivity index (χ4v) is 3.52. The van der Waals surface area contributed by atoms with Gasteiger partial charge in [0.05, 0.1) is 18.2 Å². The fraction of sp³-hybridized carbons (Fsp3) is 0.263. The number of anilines is 1. The van der Waals surface area contributed by atoms with E-state index in [-0.39, 0.29) is 0 Å². The van der Waals surface area contributed by atoms with Crippen molar-refractivity contribution in [3.05, 3.63) is 63.7 Å². The Hall–Kier alpha value is -2.38. The maximum Gasteiger partial charge on any atom is 0.260 e. The number of hydrogen-bond acceptors (Lipinski definition) is 4. The van der Waals surface area contributed by atoms with Crippen molar-refractivity contribution in [3.8, 4) is 0 Å². The zero-order valence-corrected chi connectivity index (χ0v) is 17.2. The highest BCUT2D eigenvalue weighted by Gasteiger charge is 2.20. The van der Waals surface area contributed by atoms with E-state index in [0.717, 1.165) is 27.3 Å². The quantitative estimate of drug-likeness (QED) is 0.590. The summed E-state index contributed by atoms with van der Waals surface area (Å²) >= 11 is 5.92. The summed E-state index contributed by atoms with van der Waals surface area (Å²) < 4.78 is 25.1. The van der Waals surface area contributed by atoms with Crippen molar-refractivity contribution >= 4 is 39.4 Å². The first kappa shape index (κ1) is 20.9. The number of nitrogens with zero attached hydrogens (tertiary/aromatic N) is 2. The van der Waals surface area contributed by atoms with Crippen LogP contribution in [0.4, 0.5) is 5.69 Å². The van der Waals surface area contributed by atoms with Crippen LogP contribution in [-0.2, 0) is 14.8 Å². The molecule has 0 aliphatic rings. The van der Waals surface area contributed by atoms with Gasteiger partial charge in [-0.15, -0.1) is 0 Å². The SMILES string of the molecule is Cc1ccc(/C=N\NC(=O)CN(c2cccc(Cl)c2)S(C)(=O)=O)c(C)c1C. The second kappa shape index (κ2) is 8.54. The molecular formula is C19H22ClN3O3S. The van der Waals surface area contributed by atoms with Gasteiger partial charge in [0.15, 0.2) is 0 Å². The average molecular weight is 408 g/mol. The van der Waals surface area contributed by atoms with E-state index in [1.807, 2.05) is 32.9 Å². The van der Waals surface area contributed by atoms with Crippen LogP contribution < -0.4 is 9.73 Å². The van der Waals surface area contributed by atoms with E-state index in [4.69, 9.17) is 11.6 Å². The molecule has 0 saturated heterocycles. The number of hydrazone groups is 1. The third-order valence-corrected chi connectivity index (χ3v) is 5.65. The first-order valence-electron chi connectivity index (χ1n) is 8.21. The van der Waals surface area contributed by atoms with Crippen molar-refractivity contribution < 1.29 is 13.2 Å². The monoisotopic (exact) mass is 407 g/mol. The molecule has 0 radical (unpaired) electrons. The van der Waals surface area contributed by atoms with Crippen molar-refractivity contribution in [2.45, 2.75) is 20.8 Å². The van der Waals surface area contributed by atoms with Crippen molar-refractivity contribution in [1.82, 2.24) is 5.43 Å². The number of nitrogens with one attached hydrogen (secondary N) is 1. The first-order chi connectivity index (χ1) is 12.6. The van der Waals surface area contributed by atoms with Crippen molar-refractivity contribution in [3.63, 3.8) is 0 Å². The van der Waals surface area contributed by atoms with Gasteiger partial charge in [0, 0.05) is 5.02 Å². The number of benzene rings is 2. The van der Waals surface area contributed by atoms with E-state index in [0.29, 0.717) is 10.7 Å². The molecule has 0 fully saturated rings. The Labute approximate surface area is 164 Å². The maximum absolute atomic E-state index is 12.2. The van der Waals surface area contributed by atoms with E-state index in [1.165, 1.54) is 11.6 Å². The molecule has 1 amide bonds. The van der Waals surface area contributed by atoms with Crippen LogP contribution in [-0.4, -0.2) is 33.3 Å². The number of carbonyl (C=O) groups is 1. The third kappa shape index (κ3) is 5.55. The van der Waals surface area contributed by atoms with Gasteiger partial charge in [-0.2, -0.15) is 5.10 Å². The molecule has 0 heterocycles. The Morgan fingerprint density at radius 1 is 1.19 bits per heavy atom. The molecule has 27 heavy (non-hydrogen) atoms. The van der Waals surface area contributed by atoms with Crippen LogP contribution in [0.2, 0.25) is 5.02 Å². The van der Waals surface area contributed by atoms with E-state index in [9.17, 15) is 13.2 Å². The van der Waals surface area contributed by atoms with E-state index in [2.05, 4.69) is 10.5 Å². The molecule has 6 nitrogen and oxygen atoms in total. The van der Waals surface area contributed by atoms with E-state index < -0.39 is 22.5 Å². The lowest BCUT2D eigenvalue weighted by Gasteiger charge is -2.21. The maximum atomic E-state index is 12.2. The molecule has 0 bridgehead atoms. The molecule has 2 aromatic carbocycles. The molecule has 0 aliphatic heterocycles. The fourth-order valence-electron chi connectivity index (χ4n) is 2.49. The van der Waals surface area contributed by atoms with Crippen LogP contribution in [0.25, 0.3) is 0 Å². The number of carbonyl (C=O) groups excluding carboxylic acids is 1. The minimum atomic E-state index is -3.66. The highest BCUT2D eigenvalue weighted by Crippen LogP contribution is 2.21. The zero-order chi connectivity index (χ0) is 20.2. The normalized spacial score (nSPS) is 11.6. The Bertz CT molecular complexity index is 988. The molecule has 1 N–H and O–H groups in total. The summed E-state index contributed by atoms with van der Waals surface area (Å²) in [6.07, 6.45) is 2.58. The summed E-state index contributed by atoms with van der Waals surface area (Å²) in [6.45, 7) is 5.63. The molecular weight excluding hydrogens is 386 g/mol. The molecule has 2 aromatic rings. The Morgan fingerprint density at radius 2 is 1.89 bits per heavy atom. The Kier molecular flexibility index (Phi) is 6.62. The number of amides is 1. The summed E-state index contributed by atoms with van der Waals surface area (Å²) in [5.74, 6) is -0.557. The third-order valence-electron chi connectivity index (χ3n) is 4.28. The molecule has 0 saturated carbocycles. The summed E-state index contributed by atoms with van der Waals surface area (Å²) in [4.78, 5) is 12.2. The van der Waals surface area contributed by atoms with Crippen molar-refractivity contribution in [1.29, 1.82) is 0 Å². The van der Waals surface area contributed by atoms with Crippen LogP contribution >= 0.6 is 11.6 Å². The van der Waals surface area contributed by atoms with Gasteiger partial charge in [0.25, 0.3) is 5.91 Å². The Balaban J connectivity index is 2.12. The zero-order valence-electron chi connectivity index (χ0n) is 15.7. The van der Waals surface area contributed by atoms with Gasteiger partial charge >= 0.3 is 0 Å². The highest BCUT2D eigenvalue weighted by molar-refractivity contribution is 7.92. The van der Waals surface area contributed by atoms with Crippen LogP contribution in [0.1, 0.15) is 22.3 Å². The van der Waals surface area contributed by atoms with Gasteiger partial charge in [-0.3, -0.25) is 9.10 Å². The van der Waals surface area contributed by atoms with Crippen LogP contribution in [0.15, 0.2) is 41.5 Å². The number of sulfonamides is 1. The molecule has 0 unspecified atom stereocenters. The summed E-state index contributed by atoms with van der Waals surface area (Å²) in [6, 6.07) is 10.2. The predicted octanol–water partition coefficient (Wildman–Crippen LogP) is 3.18. The minimum absolute atomic E-state index is 0.314. The molecule has 0 spiro atoms. The molecule has 0 aliphatic carbocycles. The van der Waals surface area contributed by atoms with Gasteiger partial charge < -0.3 is 0 Å². The summed E-state index contributed by atoms with van der Waals surface area (Å²) in [5, 5.41) is 4.33. The van der Waals surface area contributed by atoms with Crippen LogP contribution in [0, 0.1) is 20.8 Å². The molecule has 8 heteroatoms. The lowest BCUT2D eigenvalue weighted by Crippen LogP contribution is -2.39. The van der Waals surface area contributed by atoms with Gasteiger partial charge in [0.2, 0.25) is 10.0 Å². The smallest absolute Gasteiger partial charge is 0.260 e. The second-order valence-corrected chi connectivity index (χ2v) is 8.61. The van der Waals surface area contributed by atoms with Gasteiger partial charge in [0.1, 0.15) is 6.54 Å². The number of aryl methyl sites for hydroxylation is 1. The van der Waals surface area contributed by atoms with E-state index >= 15 is 0 Å². The van der Waals surface area contributed by atoms with Gasteiger partial charge in [-0.1, -0.05) is 29.8 Å². The average Bonchev–Trinajstić information content (AvgIpc) is 2.58. The number of halogens is 1.